The molecule has 2 aromatic heterocycles. The average Bonchev–Trinajstić information content (AvgIpc) is 2.69. The van der Waals surface area contributed by atoms with Crippen LogP contribution < -0.4 is 5.32 Å². The van der Waals surface area contributed by atoms with Gasteiger partial charge in [-0.25, -0.2) is 9.97 Å². The van der Waals surface area contributed by atoms with Crippen molar-refractivity contribution < 1.29 is 0 Å². The molecule has 0 bridgehead atoms. The van der Waals surface area contributed by atoms with Gasteiger partial charge in [0.05, 0.1) is 13.5 Å². The molecule has 0 amide bonds. The molecule has 84 valence electrons. The van der Waals surface area contributed by atoms with Crippen molar-refractivity contribution in [3.63, 3.8) is 0 Å². The minimum atomic E-state index is 0.716. The fourth-order valence-corrected chi connectivity index (χ4v) is 2.67. The van der Waals surface area contributed by atoms with Crippen LogP contribution in [0.1, 0.15) is 6.92 Å². The van der Waals surface area contributed by atoms with E-state index < -0.39 is 0 Å². The summed E-state index contributed by atoms with van der Waals surface area (Å²) >= 11 is 9.64. The van der Waals surface area contributed by atoms with Gasteiger partial charge >= 0.3 is 0 Å². The van der Waals surface area contributed by atoms with Gasteiger partial charge in [-0.2, -0.15) is 0 Å². The molecule has 2 rings (SSSR count). The second-order valence-corrected chi connectivity index (χ2v) is 5.56. The highest BCUT2D eigenvalue weighted by Gasteiger charge is 2.08. The second-order valence-electron chi connectivity index (χ2n) is 3.05. The molecule has 1 N–H and O–H groups in total. The van der Waals surface area contributed by atoms with Crippen LogP contribution in [0.4, 0.5) is 5.82 Å². The molecule has 0 radical (unpaired) electrons. The van der Waals surface area contributed by atoms with Crippen LogP contribution in [0.15, 0.2) is 17.6 Å². The van der Waals surface area contributed by atoms with Gasteiger partial charge in [-0.15, -0.1) is 11.3 Å². The summed E-state index contributed by atoms with van der Waals surface area (Å²) in [6.07, 6.45) is 1.81. The molecular weight excluding hydrogens is 357 g/mol. The predicted molar refractivity (Wildman–Crippen MR) is 77.2 cm³/mol. The number of hydrogen-bond donors (Lipinski definition) is 1. The Kier molecular flexibility index (Phi) is 3.99. The largest absolute Gasteiger partial charge is 0.369 e. The van der Waals surface area contributed by atoms with E-state index in [4.69, 9.17) is 11.6 Å². The first-order valence-corrected chi connectivity index (χ1v) is 7.05. The van der Waals surface area contributed by atoms with Gasteiger partial charge in [0.25, 0.3) is 0 Å². The molecule has 0 aliphatic heterocycles. The zero-order chi connectivity index (χ0) is 11.5. The van der Waals surface area contributed by atoms with Crippen molar-refractivity contribution >= 4 is 51.3 Å². The van der Waals surface area contributed by atoms with Crippen LogP contribution in [0.3, 0.4) is 0 Å². The summed E-state index contributed by atoms with van der Waals surface area (Å²) in [5.41, 5.74) is 0. The van der Waals surface area contributed by atoms with Gasteiger partial charge < -0.3 is 5.32 Å². The zero-order valence-electron chi connectivity index (χ0n) is 8.50. The first-order chi connectivity index (χ1) is 7.70. The molecule has 0 aliphatic rings. The number of anilines is 1. The van der Waals surface area contributed by atoms with Gasteiger partial charge in [0.1, 0.15) is 5.82 Å². The van der Waals surface area contributed by atoms with E-state index in [1.165, 1.54) is 0 Å². The number of nitrogens with zero attached hydrogens (tertiary/aromatic N) is 2. The average molecular weight is 366 g/mol. The number of hydrogen-bond acceptors (Lipinski definition) is 4. The third-order valence-electron chi connectivity index (χ3n) is 1.88. The van der Waals surface area contributed by atoms with E-state index in [1.807, 2.05) is 24.6 Å². The van der Waals surface area contributed by atoms with Gasteiger partial charge in [0.2, 0.25) is 0 Å². The van der Waals surface area contributed by atoms with Crippen LogP contribution in [-0.4, -0.2) is 16.5 Å². The standard InChI is InChI=1S/C10H9ClIN3S/c1-2-13-9-7(12)4-14-10(15-9)8-3-6(11)5-16-8/h3-5H,2H2,1H3,(H,13,14,15). The maximum absolute atomic E-state index is 5.88. The van der Waals surface area contributed by atoms with Crippen LogP contribution in [-0.2, 0) is 0 Å². The minimum absolute atomic E-state index is 0.716. The highest BCUT2D eigenvalue weighted by Crippen LogP contribution is 2.28. The van der Waals surface area contributed by atoms with Crippen molar-refractivity contribution in [2.24, 2.45) is 0 Å². The van der Waals surface area contributed by atoms with E-state index in [-0.39, 0.29) is 0 Å². The van der Waals surface area contributed by atoms with Crippen LogP contribution in [0.5, 0.6) is 0 Å². The van der Waals surface area contributed by atoms with Gasteiger partial charge in [0, 0.05) is 18.1 Å². The number of nitrogens with one attached hydrogen (secondary N) is 1. The lowest BCUT2D eigenvalue weighted by atomic mass is 10.4. The topological polar surface area (TPSA) is 37.8 Å². The molecule has 3 nitrogen and oxygen atoms in total. The van der Waals surface area contributed by atoms with Crippen molar-refractivity contribution in [2.75, 3.05) is 11.9 Å². The minimum Gasteiger partial charge on any atom is -0.369 e. The summed E-state index contributed by atoms with van der Waals surface area (Å²) in [5, 5.41) is 5.81. The quantitative estimate of drug-likeness (QED) is 0.839. The van der Waals surface area contributed by atoms with Crippen LogP contribution in [0.25, 0.3) is 10.7 Å². The van der Waals surface area contributed by atoms with Gasteiger partial charge in [-0.1, -0.05) is 11.6 Å². The van der Waals surface area contributed by atoms with Crippen LogP contribution in [0, 0.1) is 3.57 Å². The maximum atomic E-state index is 5.88. The van der Waals surface area contributed by atoms with Crippen molar-refractivity contribution in [3.05, 3.63) is 26.2 Å². The molecule has 0 atom stereocenters. The molecular formula is C10H9ClIN3S. The Balaban J connectivity index is 2.39. The van der Waals surface area contributed by atoms with Gasteiger partial charge in [-0.3, -0.25) is 0 Å². The summed E-state index contributed by atoms with van der Waals surface area (Å²) in [5.74, 6) is 1.59. The van der Waals surface area contributed by atoms with Crippen LogP contribution in [0.2, 0.25) is 5.02 Å². The van der Waals surface area contributed by atoms with Crippen molar-refractivity contribution in [2.45, 2.75) is 6.92 Å². The summed E-state index contributed by atoms with van der Waals surface area (Å²) in [6.45, 7) is 2.89. The van der Waals surface area contributed by atoms with E-state index in [1.54, 1.807) is 11.3 Å². The Bertz CT molecular complexity index is 501. The normalized spacial score (nSPS) is 10.4. The second kappa shape index (κ2) is 5.29. The highest BCUT2D eigenvalue weighted by molar-refractivity contribution is 14.1. The third-order valence-corrected chi connectivity index (χ3v) is 3.94. The van der Waals surface area contributed by atoms with Crippen molar-refractivity contribution in [1.82, 2.24) is 9.97 Å². The Morgan fingerprint density at radius 3 is 3.00 bits per heavy atom. The lowest BCUT2D eigenvalue weighted by molar-refractivity contribution is 1.11. The van der Waals surface area contributed by atoms with E-state index in [0.29, 0.717) is 5.82 Å². The number of aromatic nitrogens is 2. The molecule has 16 heavy (non-hydrogen) atoms. The van der Waals surface area contributed by atoms with E-state index in [9.17, 15) is 0 Å². The summed E-state index contributed by atoms with van der Waals surface area (Å²) in [6, 6.07) is 1.88. The molecule has 0 saturated carbocycles. The molecule has 0 spiro atoms. The number of thiophene rings is 1. The molecule has 0 fully saturated rings. The van der Waals surface area contributed by atoms with Crippen molar-refractivity contribution in [1.29, 1.82) is 0 Å². The summed E-state index contributed by atoms with van der Waals surface area (Å²) in [7, 11) is 0. The first-order valence-electron chi connectivity index (χ1n) is 4.71. The molecule has 0 saturated heterocycles. The fourth-order valence-electron chi connectivity index (χ4n) is 1.21. The Hall–Kier alpha value is -0.400. The molecule has 6 heteroatoms. The molecule has 0 aliphatic carbocycles. The fraction of sp³-hybridized carbons (Fsp3) is 0.200. The lowest BCUT2D eigenvalue weighted by Crippen LogP contribution is -2.03. The van der Waals surface area contributed by atoms with E-state index in [2.05, 4.69) is 37.9 Å². The first kappa shape index (κ1) is 12.1. The van der Waals surface area contributed by atoms with Crippen molar-refractivity contribution in [3.8, 4) is 10.7 Å². The Morgan fingerprint density at radius 1 is 1.56 bits per heavy atom. The van der Waals surface area contributed by atoms with Crippen LogP contribution >= 0.6 is 45.5 Å². The van der Waals surface area contributed by atoms with Gasteiger partial charge in [0.15, 0.2) is 5.82 Å². The highest BCUT2D eigenvalue weighted by atomic mass is 127. The lowest BCUT2D eigenvalue weighted by Gasteiger charge is -2.05. The summed E-state index contributed by atoms with van der Waals surface area (Å²) < 4.78 is 1.02. The zero-order valence-corrected chi connectivity index (χ0v) is 12.2. The van der Waals surface area contributed by atoms with E-state index >= 15 is 0 Å². The van der Waals surface area contributed by atoms with Gasteiger partial charge in [-0.05, 0) is 35.6 Å². The third kappa shape index (κ3) is 2.64. The van der Waals surface area contributed by atoms with E-state index in [0.717, 1.165) is 25.8 Å². The Labute approximate surface area is 116 Å². The number of rotatable bonds is 3. The molecule has 0 aromatic carbocycles. The smallest absolute Gasteiger partial charge is 0.171 e. The number of halogens is 2. The molecule has 2 aromatic rings. The SMILES string of the molecule is CCNc1nc(-c2cc(Cl)cs2)ncc1I. The molecule has 0 unspecified atom stereocenters. The predicted octanol–water partition coefficient (Wildman–Crippen LogP) is 3.89. The Morgan fingerprint density at radius 2 is 2.38 bits per heavy atom. The summed E-state index contributed by atoms with van der Waals surface area (Å²) in [4.78, 5) is 9.75. The monoisotopic (exact) mass is 365 g/mol. The molecule has 2 heterocycles. The maximum Gasteiger partial charge on any atom is 0.171 e.